The summed E-state index contributed by atoms with van der Waals surface area (Å²) in [6, 6.07) is 10.1. The maximum absolute atomic E-state index is 13.1. The maximum atomic E-state index is 13.1. The van der Waals surface area contributed by atoms with E-state index in [1.54, 1.807) is 13.2 Å². The van der Waals surface area contributed by atoms with Crippen LogP contribution in [0.1, 0.15) is 29.7 Å². The van der Waals surface area contributed by atoms with E-state index in [4.69, 9.17) is 15.2 Å². The molecular formula is C17H20FNO2. The zero-order chi connectivity index (χ0) is 15.4. The van der Waals surface area contributed by atoms with Crippen LogP contribution in [-0.2, 0) is 6.61 Å². The molecule has 0 aliphatic heterocycles. The van der Waals surface area contributed by atoms with Crippen molar-refractivity contribution in [3.05, 3.63) is 58.9 Å². The molecule has 2 aromatic rings. The molecule has 112 valence electrons. The number of halogens is 1. The van der Waals surface area contributed by atoms with Crippen molar-refractivity contribution in [2.24, 2.45) is 5.73 Å². The lowest BCUT2D eigenvalue weighted by Gasteiger charge is -2.16. The van der Waals surface area contributed by atoms with Crippen molar-refractivity contribution in [1.29, 1.82) is 0 Å². The summed E-state index contributed by atoms with van der Waals surface area (Å²) in [5, 5.41) is 0. The van der Waals surface area contributed by atoms with E-state index in [0.717, 1.165) is 16.7 Å². The molecule has 1 atom stereocenters. The number of hydrogen-bond donors (Lipinski definition) is 1. The quantitative estimate of drug-likeness (QED) is 0.912. The molecule has 0 saturated heterocycles. The molecule has 3 nitrogen and oxygen atoms in total. The average molecular weight is 289 g/mol. The van der Waals surface area contributed by atoms with Crippen LogP contribution in [0.15, 0.2) is 36.4 Å². The van der Waals surface area contributed by atoms with E-state index in [0.29, 0.717) is 18.1 Å². The number of hydrogen-bond acceptors (Lipinski definition) is 3. The average Bonchev–Trinajstić information content (AvgIpc) is 2.45. The summed E-state index contributed by atoms with van der Waals surface area (Å²) in [4.78, 5) is 0. The number of benzene rings is 2. The molecule has 21 heavy (non-hydrogen) atoms. The molecule has 2 aromatic carbocycles. The number of rotatable bonds is 5. The van der Waals surface area contributed by atoms with Gasteiger partial charge < -0.3 is 15.2 Å². The number of ether oxygens (including phenoxy) is 2. The third-order valence-corrected chi connectivity index (χ3v) is 3.40. The van der Waals surface area contributed by atoms with Gasteiger partial charge in [0.25, 0.3) is 0 Å². The van der Waals surface area contributed by atoms with E-state index in [9.17, 15) is 4.39 Å². The summed E-state index contributed by atoms with van der Waals surface area (Å²) in [6.07, 6.45) is 0. The summed E-state index contributed by atoms with van der Waals surface area (Å²) in [6.45, 7) is 4.12. The van der Waals surface area contributed by atoms with Gasteiger partial charge in [-0.25, -0.2) is 4.39 Å². The Labute approximate surface area is 124 Å². The Balaban J connectivity index is 2.22. The van der Waals surface area contributed by atoms with Crippen molar-refractivity contribution >= 4 is 0 Å². The summed E-state index contributed by atoms with van der Waals surface area (Å²) < 4.78 is 24.2. The summed E-state index contributed by atoms with van der Waals surface area (Å²) in [5.74, 6) is 1.16. The Morgan fingerprint density at radius 1 is 1.19 bits per heavy atom. The Hall–Kier alpha value is -2.07. The van der Waals surface area contributed by atoms with Crippen molar-refractivity contribution in [3.63, 3.8) is 0 Å². The van der Waals surface area contributed by atoms with Gasteiger partial charge in [0, 0.05) is 17.7 Å². The number of nitrogens with two attached hydrogens (primary N) is 1. The fourth-order valence-electron chi connectivity index (χ4n) is 2.12. The predicted octanol–water partition coefficient (Wildman–Crippen LogP) is 3.74. The normalized spacial score (nSPS) is 12.0. The summed E-state index contributed by atoms with van der Waals surface area (Å²) >= 11 is 0. The highest BCUT2D eigenvalue weighted by atomic mass is 19.1. The molecule has 0 saturated carbocycles. The Bertz CT molecular complexity index is 626. The molecule has 4 heteroatoms. The Kier molecular flexibility index (Phi) is 4.81. The molecule has 2 N–H and O–H groups in total. The second-order valence-electron chi connectivity index (χ2n) is 5.05. The highest BCUT2D eigenvalue weighted by molar-refractivity contribution is 5.42. The minimum absolute atomic E-state index is 0.139. The third kappa shape index (κ3) is 3.73. The third-order valence-electron chi connectivity index (χ3n) is 3.40. The SMILES string of the molecule is COc1ccc([C@@H](C)N)c(OCc2ccc(F)cc2C)c1. The zero-order valence-electron chi connectivity index (χ0n) is 12.5. The van der Waals surface area contributed by atoms with E-state index >= 15 is 0 Å². The van der Waals surface area contributed by atoms with Crippen LogP contribution >= 0.6 is 0 Å². The minimum atomic E-state index is -0.242. The van der Waals surface area contributed by atoms with Crippen molar-refractivity contribution in [1.82, 2.24) is 0 Å². The number of methoxy groups -OCH3 is 1. The van der Waals surface area contributed by atoms with Gasteiger partial charge in [-0.1, -0.05) is 12.1 Å². The van der Waals surface area contributed by atoms with Crippen LogP contribution in [0, 0.1) is 12.7 Å². The molecule has 0 unspecified atom stereocenters. The monoisotopic (exact) mass is 289 g/mol. The first-order valence-corrected chi connectivity index (χ1v) is 6.82. The molecule has 0 amide bonds. The largest absolute Gasteiger partial charge is 0.497 e. The second kappa shape index (κ2) is 6.59. The van der Waals surface area contributed by atoms with E-state index < -0.39 is 0 Å². The first kappa shape index (κ1) is 15.3. The molecule has 0 aliphatic carbocycles. The standard InChI is InChI=1S/C17H20FNO2/c1-11-8-14(18)5-4-13(11)10-21-17-9-15(20-3)6-7-16(17)12(2)19/h4-9,12H,10,19H2,1-3H3/t12-/m1/s1. The molecule has 0 aromatic heterocycles. The van der Waals surface area contributed by atoms with Crippen LogP contribution in [0.25, 0.3) is 0 Å². The van der Waals surface area contributed by atoms with Crippen LogP contribution in [0.4, 0.5) is 4.39 Å². The molecule has 0 heterocycles. The van der Waals surface area contributed by atoms with Crippen LogP contribution in [0.2, 0.25) is 0 Å². The summed E-state index contributed by atoms with van der Waals surface area (Å²) in [5.41, 5.74) is 8.67. The molecule has 0 spiro atoms. The van der Waals surface area contributed by atoms with Gasteiger partial charge in [-0.15, -0.1) is 0 Å². The second-order valence-corrected chi connectivity index (χ2v) is 5.05. The van der Waals surface area contributed by atoms with Gasteiger partial charge in [-0.3, -0.25) is 0 Å². The molecule has 0 fully saturated rings. The fourth-order valence-corrected chi connectivity index (χ4v) is 2.12. The van der Waals surface area contributed by atoms with Gasteiger partial charge in [-0.2, -0.15) is 0 Å². The van der Waals surface area contributed by atoms with E-state index in [-0.39, 0.29) is 11.9 Å². The zero-order valence-corrected chi connectivity index (χ0v) is 12.5. The van der Waals surface area contributed by atoms with Crippen LogP contribution < -0.4 is 15.2 Å². The van der Waals surface area contributed by atoms with Gasteiger partial charge in [0.15, 0.2) is 0 Å². The lowest BCUT2D eigenvalue weighted by molar-refractivity contribution is 0.298. The van der Waals surface area contributed by atoms with Crippen molar-refractivity contribution in [3.8, 4) is 11.5 Å². The molecular weight excluding hydrogens is 269 g/mol. The number of aryl methyl sites for hydroxylation is 1. The van der Waals surface area contributed by atoms with E-state index in [1.165, 1.54) is 12.1 Å². The highest BCUT2D eigenvalue weighted by Crippen LogP contribution is 2.29. The van der Waals surface area contributed by atoms with E-state index in [1.807, 2.05) is 32.0 Å². The Morgan fingerprint density at radius 3 is 2.57 bits per heavy atom. The first-order chi connectivity index (χ1) is 10.0. The smallest absolute Gasteiger partial charge is 0.128 e. The van der Waals surface area contributed by atoms with Gasteiger partial charge in [0.05, 0.1) is 7.11 Å². The van der Waals surface area contributed by atoms with Crippen molar-refractivity contribution < 1.29 is 13.9 Å². The van der Waals surface area contributed by atoms with Gasteiger partial charge >= 0.3 is 0 Å². The van der Waals surface area contributed by atoms with Gasteiger partial charge in [0.2, 0.25) is 0 Å². The van der Waals surface area contributed by atoms with Crippen LogP contribution in [-0.4, -0.2) is 7.11 Å². The molecule has 0 aliphatic rings. The summed E-state index contributed by atoms with van der Waals surface area (Å²) in [7, 11) is 1.61. The predicted molar refractivity (Wildman–Crippen MR) is 81.1 cm³/mol. The minimum Gasteiger partial charge on any atom is -0.497 e. The highest BCUT2D eigenvalue weighted by Gasteiger charge is 2.10. The van der Waals surface area contributed by atoms with Crippen molar-refractivity contribution in [2.75, 3.05) is 7.11 Å². The lowest BCUT2D eigenvalue weighted by atomic mass is 10.1. The fraction of sp³-hybridized carbons (Fsp3) is 0.294. The van der Waals surface area contributed by atoms with E-state index in [2.05, 4.69) is 0 Å². The lowest BCUT2D eigenvalue weighted by Crippen LogP contribution is -2.08. The molecule has 0 bridgehead atoms. The Morgan fingerprint density at radius 2 is 1.95 bits per heavy atom. The van der Waals surface area contributed by atoms with Crippen molar-refractivity contribution in [2.45, 2.75) is 26.5 Å². The van der Waals surface area contributed by atoms with Gasteiger partial charge in [-0.05, 0) is 43.2 Å². The van der Waals surface area contributed by atoms with Crippen LogP contribution in [0.3, 0.4) is 0 Å². The molecule has 2 rings (SSSR count). The maximum Gasteiger partial charge on any atom is 0.128 e. The topological polar surface area (TPSA) is 44.5 Å². The molecule has 0 radical (unpaired) electrons. The van der Waals surface area contributed by atoms with Crippen LogP contribution in [0.5, 0.6) is 11.5 Å². The first-order valence-electron chi connectivity index (χ1n) is 6.82. The van der Waals surface area contributed by atoms with Gasteiger partial charge in [0.1, 0.15) is 23.9 Å².